The molecule has 0 N–H and O–H groups in total. The lowest BCUT2D eigenvalue weighted by atomic mass is 9.75. The van der Waals surface area contributed by atoms with Gasteiger partial charge in [0.2, 0.25) is 0 Å². The molecule has 4 heteroatoms. The number of likely N-dealkylation sites (tertiary alicyclic amines) is 1. The molecule has 0 radical (unpaired) electrons. The highest BCUT2D eigenvalue weighted by Gasteiger charge is 2.51. The van der Waals surface area contributed by atoms with Gasteiger partial charge in [-0.15, -0.1) is 6.58 Å². The van der Waals surface area contributed by atoms with Crippen molar-refractivity contribution in [1.29, 1.82) is 5.26 Å². The molecule has 0 bridgehead atoms. The van der Waals surface area contributed by atoms with Gasteiger partial charge >= 0.3 is 0 Å². The summed E-state index contributed by atoms with van der Waals surface area (Å²) in [6.45, 7) is 5.02. The van der Waals surface area contributed by atoms with Crippen LogP contribution in [0.25, 0.3) is 0 Å². The van der Waals surface area contributed by atoms with E-state index in [4.69, 9.17) is 4.74 Å². The molecule has 0 spiro atoms. The number of halogens is 1. The van der Waals surface area contributed by atoms with Gasteiger partial charge in [0.05, 0.1) is 12.7 Å². The fourth-order valence-electron chi connectivity index (χ4n) is 5.58. The minimum Gasteiger partial charge on any atom is -0.359 e. The monoisotopic (exact) mass is 548 g/mol. The van der Waals surface area contributed by atoms with Crippen LogP contribution in [-0.4, -0.2) is 30.1 Å². The first-order valence-electron chi connectivity index (χ1n) is 12.5. The van der Waals surface area contributed by atoms with Gasteiger partial charge < -0.3 is 4.74 Å². The number of hydrogen-bond acceptors (Lipinski definition) is 3. The van der Waals surface area contributed by atoms with E-state index in [1.807, 2.05) is 42.5 Å². The van der Waals surface area contributed by atoms with Crippen molar-refractivity contribution in [3.63, 3.8) is 0 Å². The lowest BCUT2D eigenvalue weighted by Crippen LogP contribution is -2.64. The fourth-order valence-corrected chi connectivity index (χ4v) is 6.13. The van der Waals surface area contributed by atoms with Gasteiger partial charge in [-0.3, -0.25) is 4.90 Å². The molecule has 1 fully saturated rings. The quantitative estimate of drug-likeness (QED) is 0.162. The average Bonchev–Trinajstić information content (AvgIpc) is 2.95. The van der Waals surface area contributed by atoms with Crippen molar-refractivity contribution in [2.24, 2.45) is 0 Å². The highest BCUT2D eigenvalue weighted by molar-refractivity contribution is 9.10. The van der Waals surface area contributed by atoms with Gasteiger partial charge in [0.1, 0.15) is 11.6 Å². The second-order valence-corrected chi connectivity index (χ2v) is 10.1. The van der Waals surface area contributed by atoms with Gasteiger partial charge in [0.25, 0.3) is 0 Å². The maximum atomic E-state index is 10.1. The fraction of sp³-hybridized carbons (Fsp3) is 0.182. The number of rotatable bonds is 9. The Kier molecular flexibility index (Phi) is 7.67. The van der Waals surface area contributed by atoms with Crippen molar-refractivity contribution in [2.45, 2.75) is 23.6 Å². The number of ether oxygens (including phenoxy) is 1. The Morgan fingerprint density at radius 3 is 1.76 bits per heavy atom. The van der Waals surface area contributed by atoms with Crippen molar-refractivity contribution in [3.05, 3.63) is 155 Å². The molecule has 1 aliphatic rings. The van der Waals surface area contributed by atoms with Crippen LogP contribution in [0.15, 0.2) is 132 Å². The van der Waals surface area contributed by atoms with Gasteiger partial charge in [0, 0.05) is 23.0 Å². The molecule has 1 aliphatic heterocycles. The van der Waals surface area contributed by atoms with E-state index in [0.29, 0.717) is 13.2 Å². The summed E-state index contributed by atoms with van der Waals surface area (Å²) in [6.07, 6.45) is 1.87. The van der Waals surface area contributed by atoms with Gasteiger partial charge in [-0.1, -0.05) is 131 Å². The van der Waals surface area contributed by atoms with E-state index in [1.165, 1.54) is 0 Å². The second-order valence-electron chi connectivity index (χ2n) is 9.26. The van der Waals surface area contributed by atoms with E-state index in [9.17, 15) is 5.26 Å². The predicted octanol–water partition coefficient (Wildman–Crippen LogP) is 7.30. The van der Waals surface area contributed by atoms with Crippen molar-refractivity contribution in [1.82, 2.24) is 4.90 Å². The first-order chi connectivity index (χ1) is 18.2. The first-order valence-corrected chi connectivity index (χ1v) is 13.3. The SMILES string of the molecule is C=CCN1[C@H](COC(c2ccccc2)(c2ccccc2)c2ccccc2)[C@H](c2ccccc2Br)[C@@H]1C#N. The molecule has 0 aromatic heterocycles. The third-order valence-electron chi connectivity index (χ3n) is 7.29. The van der Waals surface area contributed by atoms with Gasteiger partial charge in [-0.25, -0.2) is 0 Å². The molecule has 0 amide bonds. The third kappa shape index (κ3) is 4.67. The van der Waals surface area contributed by atoms with E-state index in [2.05, 4.69) is 112 Å². The molecule has 3 nitrogen and oxygen atoms in total. The van der Waals surface area contributed by atoms with Crippen LogP contribution in [0.4, 0.5) is 0 Å². The summed E-state index contributed by atoms with van der Waals surface area (Å²) in [5, 5.41) is 10.1. The number of nitriles is 1. The van der Waals surface area contributed by atoms with Crippen LogP contribution in [0, 0.1) is 11.3 Å². The molecule has 4 aromatic carbocycles. The standard InChI is InChI=1S/C33H29BrN2O/c1-2-22-36-30(23-35)32(28-20-12-13-21-29(28)34)31(36)24-37-33(25-14-6-3-7-15-25,26-16-8-4-9-17-26)27-18-10-5-11-19-27/h2-21,30-32H,1,22,24H2/t30-,31+,32+/m0/s1. The number of nitrogens with zero attached hydrogens (tertiary/aromatic N) is 2. The second kappa shape index (κ2) is 11.3. The molecule has 0 saturated carbocycles. The van der Waals surface area contributed by atoms with Gasteiger partial charge in [-0.05, 0) is 28.3 Å². The van der Waals surface area contributed by atoms with E-state index in [0.717, 1.165) is 26.7 Å². The normalized spacial score (nSPS) is 19.5. The Labute approximate surface area is 227 Å². The van der Waals surface area contributed by atoms with Gasteiger partial charge in [-0.2, -0.15) is 5.26 Å². The molecule has 0 aliphatic carbocycles. The zero-order chi connectivity index (χ0) is 25.7. The predicted molar refractivity (Wildman–Crippen MR) is 152 cm³/mol. The van der Waals surface area contributed by atoms with Crippen molar-refractivity contribution >= 4 is 15.9 Å². The van der Waals surface area contributed by atoms with Crippen LogP contribution >= 0.6 is 15.9 Å². The van der Waals surface area contributed by atoms with E-state index in [-0.39, 0.29) is 18.0 Å². The Balaban J connectivity index is 1.60. The first kappa shape index (κ1) is 25.2. The summed E-state index contributed by atoms with van der Waals surface area (Å²) in [4.78, 5) is 2.20. The summed E-state index contributed by atoms with van der Waals surface area (Å²) >= 11 is 3.73. The Bertz CT molecular complexity index is 1270. The summed E-state index contributed by atoms with van der Waals surface area (Å²) in [7, 11) is 0. The molecule has 0 unspecified atom stereocenters. The maximum Gasteiger partial charge on any atom is 0.143 e. The minimum atomic E-state index is -0.806. The van der Waals surface area contributed by atoms with Crippen molar-refractivity contribution in [2.75, 3.05) is 13.2 Å². The number of hydrogen-bond donors (Lipinski definition) is 0. The molecule has 184 valence electrons. The lowest BCUT2D eigenvalue weighted by Gasteiger charge is -2.53. The summed E-state index contributed by atoms with van der Waals surface area (Å²) in [5.74, 6) is 0.0144. The zero-order valence-corrected chi connectivity index (χ0v) is 22.2. The van der Waals surface area contributed by atoms with Crippen molar-refractivity contribution < 1.29 is 4.74 Å². The molecule has 1 saturated heterocycles. The van der Waals surface area contributed by atoms with Gasteiger partial charge in [0.15, 0.2) is 0 Å². The smallest absolute Gasteiger partial charge is 0.143 e. The van der Waals surface area contributed by atoms with Crippen LogP contribution in [-0.2, 0) is 10.3 Å². The van der Waals surface area contributed by atoms with Crippen LogP contribution in [0.3, 0.4) is 0 Å². The van der Waals surface area contributed by atoms with Crippen LogP contribution in [0.1, 0.15) is 28.2 Å². The van der Waals surface area contributed by atoms with E-state index in [1.54, 1.807) is 0 Å². The average molecular weight is 550 g/mol. The molecule has 3 atom stereocenters. The Morgan fingerprint density at radius 1 is 0.811 bits per heavy atom. The molecule has 4 aromatic rings. The topological polar surface area (TPSA) is 36.3 Å². The van der Waals surface area contributed by atoms with E-state index < -0.39 is 5.60 Å². The van der Waals surface area contributed by atoms with Crippen LogP contribution in [0.5, 0.6) is 0 Å². The Hall–Kier alpha value is -3.49. The van der Waals surface area contributed by atoms with Crippen LogP contribution in [0.2, 0.25) is 0 Å². The molecular formula is C33H29BrN2O. The van der Waals surface area contributed by atoms with E-state index >= 15 is 0 Å². The molecule has 1 heterocycles. The lowest BCUT2D eigenvalue weighted by molar-refractivity contribution is -0.0752. The maximum absolute atomic E-state index is 10.1. The highest BCUT2D eigenvalue weighted by Crippen LogP contribution is 2.46. The minimum absolute atomic E-state index is 0.0110. The summed E-state index contributed by atoms with van der Waals surface area (Å²) in [6, 6.07) is 41.7. The molecule has 37 heavy (non-hydrogen) atoms. The molecule has 5 rings (SSSR count). The number of benzene rings is 4. The third-order valence-corrected chi connectivity index (χ3v) is 8.01. The summed E-state index contributed by atoms with van der Waals surface area (Å²) < 4.78 is 8.17. The summed E-state index contributed by atoms with van der Waals surface area (Å²) in [5.41, 5.74) is 3.52. The molecular weight excluding hydrogens is 520 g/mol. The Morgan fingerprint density at radius 2 is 1.30 bits per heavy atom. The van der Waals surface area contributed by atoms with Crippen molar-refractivity contribution in [3.8, 4) is 6.07 Å². The van der Waals surface area contributed by atoms with Crippen LogP contribution < -0.4 is 0 Å². The zero-order valence-electron chi connectivity index (χ0n) is 20.6. The largest absolute Gasteiger partial charge is 0.359 e. The highest BCUT2D eigenvalue weighted by atomic mass is 79.9.